The topological polar surface area (TPSA) is 20.3 Å². The van der Waals surface area contributed by atoms with E-state index in [-0.39, 0.29) is 23.8 Å². The van der Waals surface area contributed by atoms with Gasteiger partial charge in [0, 0.05) is 28.4 Å². The van der Waals surface area contributed by atoms with E-state index in [4.69, 9.17) is 23.2 Å². The molecule has 0 bridgehead atoms. The zero-order valence-corrected chi connectivity index (χ0v) is 17.4. The number of hydrogen-bond donors (Lipinski definition) is 0. The molecule has 1 saturated carbocycles. The van der Waals surface area contributed by atoms with E-state index in [1.807, 2.05) is 36.4 Å². The molecule has 0 unspecified atom stereocenters. The van der Waals surface area contributed by atoms with Crippen LogP contribution in [0.3, 0.4) is 0 Å². The van der Waals surface area contributed by atoms with Gasteiger partial charge in [0.1, 0.15) is 0 Å². The van der Waals surface area contributed by atoms with Crippen LogP contribution in [0, 0.1) is 11.8 Å². The molecule has 146 valence electrons. The van der Waals surface area contributed by atoms with Crippen molar-refractivity contribution in [2.75, 3.05) is 6.54 Å². The number of halogens is 2. The fourth-order valence-electron chi connectivity index (χ4n) is 4.43. The van der Waals surface area contributed by atoms with Gasteiger partial charge >= 0.3 is 0 Å². The minimum absolute atomic E-state index is 0.00454. The number of rotatable bonds is 6. The van der Waals surface area contributed by atoms with Crippen LogP contribution in [0.15, 0.2) is 61.2 Å². The Morgan fingerprint density at radius 3 is 2.43 bits per heavy atom. The highest BCUT2D eigenvalue weighted by atomic mass is 35.5. The molecule has 1 aliphatic heterocycles. The Morgan fingerprint density at radius 1 is 1.04 bits per heavy atom. The Hall–Kier alpha value is -1.77. The van der Waals surface area contributed by atoms with Crippen LogP contribution >= 0.6 is 23.2 Å². The van der Waals surface area contributed by atoms with E-state index >= 15 is 0 Å². The summed E-state index contributed by atoms with van der Waals surface area (Å²) < 4.78 is 0. The van der Waals surface area contributed by atoms with E-state index in [1.165, 1.54) is 18.4 Å². The quantitative estimate of drug-likeness (QED) is 0.485. The SMILES string of the molecule is C=CC[C@@H]1C[C@@H](c2cccc(Cl)c2)[C@@H](c2ccc(Cl)cc2)N(CC2CC2)C1=O. The molecular weight excluding hydrogens is 389 g/mol. The zero-order chi connectivity index (χ0) is 19.7. The third kappa shape index (κ3) is 4.14. The second-order valence-electron chi connectivity index (χ2n) is 8.05. The maximum Gasteiger partial charge on any atom is 0.226 e. The number of likely N-dealkylation sites (tertiary alicyclic amines) is 1. The van der Waals surface area contributed by atoms with E-state index in [2.05, 4.69) is 29.7 Å². The molecule has 2 aromatic rings. The fourth-order valence-corrected chi connectivity index (χ4v) is 4.76. The van der Waals surface area contributed by atoms with E-state index in [1.54, 1.807) is 0 Å². The first-order chi connectivity index (χ1) is 13.6. The molecule has 1 heterocycles. The lowest BCUT2D eigenvalue weighted by atomic mass is 9.75. The van der Waals surface area contributed by atoms with Gasteiger partial charge in [0.25, 0.3) is 0 Å². The Labute approximate surface area is 177 Å². The maximum atomic E-state index is 13.4. The Kier molecular flexibility index (Phi) is 5.80. The first-order valence-corrected chi connectivity index (χ1v) is 10.7. The molecule has 0 aromatic heterocycles. The number of allylic oxidation sites excluding steroid dienone is 1. The summed E-state index contributed by atoms with van der Waals surface area (Å²) in [6, 6.07) is 16.0. The van der Waals surface area contributed by atoms with Crippen molar-refractivity contribution in [2.24, 2.45) is 11.8 Å². The minimum Gasteiger partial charge on any atom is -0.335 e. The molecule has 2 aliphatic rings. The average molecular weight is 414 g/mol. The minimum atomic E-state index is -0.0243. The summed E-state index contributed by atoms with van der Waals surface area (Å²) in [5.74, 6) is 1.05. The second-order valence-corrected chi connectivity index (χ2v) is 8.92. The van der Waals surface area contributed by atoms with Gasteiger partial charge in [-0.1, -0.05) is 53.5 Å². The average Bonchev–Trinajstić information content (AvgIpc) is 3.50. The number of carbonyl (C=O) groups is 1. The Balaban J connectivity index is 1.79. The smallest absolute Gasteiger partial charge is 0.226 e. The third-order valence-corrected chi connectivity index (χ3v) is 6.47. The summed E-state index contributed by atoms with van der Waals surface area (Å²) in [5, 5.41) is 1.45. The fraction of sp³-hybridized carbons (Fsp3) is 0.375. The Bertz CT molecular complexity index is 859. The number of benzene rings is 2. The van der Waals surface area contributed by atoms with Crippen molar-refractivity contribution in [3.63, 3.8) is 0 Å². The highest BCUT2D eigenvalue weighted by Gasteiger charge is 2.44. The molecule has 3 atom stereocenters. The lowest BCUT2D eigenvalue weighted by Crippen LogP contribution is -2.47. The lowest BCUT2D eigenvalue weighted by molar-refractivity contribution is -0.143. The molecule has 2 aromatic carbocycles. The van der Waals surface area contributed by atoms with Gasteiger partial charge in [-0.05, 0) is 67.0 Å². The number of hydrogen-bond acceptors (Lipinski definition) is 1. The van der Waals surface area contributed by atoms with Crippen molar-refractivity contribution in [2.45, 2.75) is 37.6 Å². The molecular formula is C24H25Cl2NO. The molecule has 0 spiro atoms. The molecule has 2 nitrogen and oxygen atoms in total. The van der Waals surface area contributed by atoms with E-state index in [0.717, 1.165) is 23.6 Å². The molecule has 2 fully saturated rings. The van der Waals surface area contributed by atoms with Gasteiger partial charge in [-0.15, -0.1) is 6.58 Å². The van der Waals surface area contributed by atoms with E-state index < -0.39 is 0 Å². The summed E-state index contributed by atoms with van der Waals surface area (Å²) in [6.07, 6.45) is 5.82. The van der Waals surface area contributed by atoms with Crippen LogP contribution in [-0.4, -0.2) is 17.4 Å². The van der Waals surface area contributed by atoms with Gasteiger partial charge in [0.2, 0.25) is 5.91 Å². The standard InChI is InChI=1S/C24H25Cl2NO/c1-2-4-19-14-22(18-5-3-6-21(26)13-18)23(17-9-11-20(25)12-10-17)27(24(19)28)15-16-7-8-16/h2-3,5-6,9-13,16,19,22-23H,1,4,7-8,14-15H2/t19-,22+,23-/m1/s1. The molecule has 4 rings (SSSR count). The first-order valence-electron chi connectivity index (χ1n) is 9.99. The highest BCUT2D eigenvalue weighted by Crippen LogP contribution is 2.48. The van der Waals surface area contributed by atoms with Crippen molar-refractivity contribution < 1.29 is 4.79 Å². The normalized spacial score (nSPS) is 25.0. The predicted molar refractivity (Wildman–Crippen MR) is 116 cm³/mol. The third-order valence-electron chi connectivity index (χ3n) is 5.98. The van der Waals surface area contributed by atoms with Gasteiger partial charge in [0.05, 0.1) is 6.04 Å². The number of piperidine rings is 1. The van der Waals surface area contributed by atoms with Gasteiger partial charge in [-0.2, -0.15) is 0 Å². The van der Waals surface area contributed by atoms with Crippen molar-refractivity contribution in [1.82, 2.24) is 4.90 Å². The molecule has 1 aliphatic carbocycles. The van der Waals surface area contributed by atoms with Crippen molar-refractivity contribution in [3.8, 4) is 0 Å². The molecule has 1 saturated heterocycles. The number of amides is 1. The molecule has 1 amide bonds. The largest absolute Gasteiger partial charge is 0.335 e. The lowest BCUT2D eigenvalue weighted by Gasteiger charge is -2.45. The summed E-state index contributed by atoms with van der Waals surface area (Å²) in [6.45, 7) is 4.71. The molecule has 0 radical (unpaired) electrons. The summed E-state index contributed by atoms with van der Waals surface area (Å²) >= 11 is 12.5. The van der Waals surface area contributed by atoms with Crippen molar-refractivity contribution in [3.05, 3.63) is 82.4 Å². The van der Waals surface area contributed by atoms with Crippen molar-refractivity contribution in [1.29, 1.82) is 0 Å². The molecule has 28 heavy (non-hydrogen) atoms. The number of nitrogens with zero attached hydrogens (tertiary/aromatic N) is 1. The number of carbonyl (C=O) groups excluding carboxylic acids is 1. The van der Waals surface area contributed by atoms with Gasteiger partial charge < -0.3 is 4.90 Å². The van der Waals surface area contributed by atoms with E-state index in [0.29, 0.717) is 17.4 Å². The van der Waals surface area contributed by atoms with Crippen LogP contribution in [-0.2, 0) is 4.79 Å². The van der Waals surface area contributed by atoms with Gasteiger partial charge in [-0.3, -0.25) is 4.79 Å². The Morgan fingerprint density at radius 2 is 1.79 bits per heavy atom. The van der Waals surface area contributed by atoms with Crippen LogP contribution in [0.2, 0.25) is 10.0 Å². The van der Waals surface area contributed by atoms with Gasteiger partial charge in [0.15, 0.2) is 0 Å². The van der Waals surface area contributed by atoms with Crippen LogP contribution in [0.5, 0.6) is 0 Å². The molecule has 0 N–H and O–H groups in total. The summed E-state index contributed by atoms with van der Waals surface area (Å²) in [7, 11) is 0. The summed E-state index contributed by atoms with van der Waals surface area (Å²) in [4.78, 5) is 15.5. The van der Waals surface area contributed by atoms with Crippen molar-refractivity contribution >= 4 is 29.1 Å². The first kappa shape index (κ1) is 19.5. The van der Waals surface area contributed by atoms with Crippen LogP contribution in [0.4, 0.5) is 0 Å². The monoisotopic (exact) mass is 413 g/mol. The predicted octanol–water partition coefficient (Wildman–Crippen LogP) is 6.65. The maximum absolute atomic E-state index is 13.4. The van der Waals surface area contributed by atoms with E-state index in [9.17, 15) is 4.79 Å². The second kappa shape index (κ2) is 8.31. The van der Waals surface area contributed by atoms with Gasteiger partial charge in [-0.25, -0.2) is 0 Å². The van der Waals surface area contributed by atoms with Crippen LogP contribution < -0.4 is 0 Å². The highest BCUT2D eigenvalue weighted by molar-refractivity contribution is 6.30. The molecule has 4 heteroatoms. The summed E-state index contributed by atoms with van der Waals surface area (Å²) in [5.41, 5.74) is 2.33. The van der Waals surface area contributed by atoms with Crippen LogP contribution in [0.25, 0.3) is 0 Å². The zero-order valence-electron chi connectivity index (χ0n) is 15.9. The van der Waals surface area contributed by atoms with Crippen LogP contribution in [0.1, 0.15) is 48.8 Å².